The first-order valence-corrected chi connectivity index (χ1v) is 15.4. The van der Waals surface area contributed by atoms with Gasteiger partial charge in [0.05, 0.1) is 23.5 Å². The average Bonchev–Trinajstić information content (AvgIpc) is 3.29. The summed E-state index contributed by atoms with van der Waals surface area (Å²) in [5, 5.41) is 1.94. The maximum atomic E-state index is 12.5. The van der Waals surface area contributed by atoms with Gasteiger partial charge in [-0.05, 0) is 106 Å². The van der Waals surface area contributed by atoms with E-state index in [1.165, 1.54) is 34.9 Å². The van der Waals surface area contributed by atoms with Crippen LogP contribution in [-0.4, -0.2) is 45.9 Å². The molecule has 3 aliphatic heterocycles. The van der Waals surface area contributed by atoms with E-state index in [4.69, 9.17) is 21.3 Å². The number of pyridine rings is 1. The summed E-state index contributed by atoms with van der Waals surface area (Å²) in [5.41, 5.74) is 9.27. The van der Waals surface area contributed by atoms with Crippen LogP contribution in [0.3, 0.4) is 0 Å². The van der Waals surface area contributed by atoms with Gasteiger partial charge < -0.3 is 9.64 Å². The van der Waals surface area contributed by atoms with Crippen molar-refractivity contribution in [3.63, 3.8) is 0 Å². The van der Waals surface area contributed by atoms with Crippen LogP contribution >= 0.6 is 11.6 Å². The van der Waals surface area contributed by atoms with Crippen LogP contribution in [0.15, 0.2) is 41.6 Å². The van der Waals surface area contributed by atoms with Gasteiger partial charge in [-0.1, -0.05) is 39.0 Å². The molecule has 0 N–H and O–H groups in total. The van der Waals surface area contributed by atoms with Gasteiger partial charge in [0, 0.05) is 41.2 Å². The Morgan fingerprint density at radius 2 is 1.95 bits per heavy atom. The Hall–Kier alpha value is -2.47. The summed E-state index contributed by atoms with van der Waals surface area (Å²) in [4.78, 5) is 22.7. The Labute approximate surface area is 244 Å². The lowest BCUT2D eigenvalue weighted by molar-refractivity contribution is -0.123. The topological polar surface area (TPSA) is 45.7 Å². The van der Waals surface area contributed by atoms with E-state index in [0.717, 1.165) is 77.3 Å². The minimum atomic E-state index is -0.679. The molecule has 214 valence electrons. The quantitative estimate of drug-likeness (QED) is 0.310. The summed E-state index contributed by atoms with van der Waals surface area (Å²) in [6, 6.07) is 4.24. The zero-order valence-electron chi connectivity index (χ0n) is 25.1. The molecule has 3 aliphatic rings. The number of Topliss-reactive ketones (excluding diaryl/α,β-unsaturated/α-hetero) is 1. The first-order chi connectivity index (χ1) is 19.1. The lowest BCUT2D eigenvalue weighted by Gasteiger charge is -2.40. The van der Waals surface area contributed by atoms with Gasteiger partial charge in [0.25, 0.3) is 0 Å². The van der Waals surface area contributed by atoms with Crippen LogP contribution in [-0.2, 0) is 22.6 Å². The standard InChI is InChI=1S/C34H44ClN3O2/c1-8-25-24(7)38-20-28-27(19-37-13-11-21(4)12-14-37)26-15-22(5)30(35)17-31(26)36-33(28)32(38)16-29(25)34(9-2,40-10-3)18-23(6)39/h15-17,21H,7-14,18-20H2,1-6H3. The van der Waals surface area contributed by atoms with Crippen LogP contribution in [0.25, 0.3) is 16.6 Å². The second-order valence-corrected chi connectivity index (χ2v) is 12.4. The highest BCUT2D eigenvalue weighted by Gasteiger charge is 2.42. The zero-order valence-corrected chi connectivity index (χ0v) is 25.9. The molecule has 2 aromatic rings. The number of halogens is 1. The molecule has 0 bridgehead atoms. The molecule has 0 amide bonds. The fraction of sp³-hybridized carbons (Fsp3) is 0.529. The number of piperidine rings is 1. The molecule has 5 rings (SSSR count). The van der Waals surface area contributed by atoms with Gasteiger partial charge in [-0.2, -0.15) is 0 Å². The molecular formula is C34H44ClN3O2. The third-order valence-electron chi connectivity index (χ3n) is 9.24. The second kappa shape index (κ2) is 11.4. The van der Waals surface area contributed by atoms with E-state index in [1.54, 1.807) is 6.92 Å². The smallest absolute Gasteiger partial charge is 0.133 e. The first kappa shape index (κ1) is 29.0. The van der Waals surface area contributed by atoms with Gasteiger partial charge in [0.1, 0.15) is 11.4 Å². The predicted molar refractivity (Wildman–Crippen MR) is 165 cm³/mol. The normalized spacial score (nSPS) is 19.6. The number of aromatic nitrogens is 1. The number of carbonyl (C=O) groups excluding carboxylic acids is 1. The number of aryl methyl sites for hydroxylation is 1. The van der Waals surface area contributed by atoms with Crippen molar-refractivity contribution < 1.29 is 9.53 Å². The fourth-order valence-corrected chi connectivity index (χ4v) is 7.08. The van der Waals surface area contributed by atoms with Crippen LogP contribution in [0, 0.1) is 12.8 Å². The zero-order chi connectivity index (χ0) is 28.8. The van der Waals surface area contributed by atoms with Crippen molar-refractivity contribution in [3.8, 4) is 0 Å². The number of hydrogen-bond donors (Lipinski definition) is 0. The molecule has 0 radical (unpaired) electrons. The summed E-state index contributed by atoms with van der Waals surface area (Å²) < 4.78 is 6.45. The molecular weight excluding hydrogens is 518 g/mol. The van der Waals surface area contributed by atoms with E-state index < -0.39 is 5.60 Å². The molecule has 1 saturated heterocycles. The van der Waals surface area contributed by atoms with Crippen molar-refractivity contribution in [3.05, 3.63) is 69.0 Å². The number of carbonyl (C=O) groups is 1. The van der Waals surface area contributed by atoms with Crippen LogP contribution < -0.4 is 0 Å². The Morgan fingerprint density at radius 1 is 1.23 bits per heavy atom. The van der Waals surface area contributed by atoms with E-state index in [-0.39, 0.29) is 5.78 Å². The number of fused-ring (bicyclic) bond motifs is 4. The van der Waals surface area contributed by atoms with Crippen LogP contribution in [0.5, 0.6) is 0 Å². The van der Waals surface area contributed by atoms with Crippen molar-refractivity contribution in [2.75, 3.05) is 19.7 Å². The Balaban J connectivity index is 1.70. The summed E-state index contributed by atoms with van der Waals surface area (Å²) in [6.07, 6.45) is 6.61. The fourth-order valence-electron chi connectivity index (χ4n) is 6.93. The minimum Gasteiger partial charge on any atom is -0.370 e. The molecule has 1 aromatic carbocycles. The number of ketones is 1. The Morgan fingerprint density at radius 3 is 2.58 bits per heavy atom. The molecule has 4 heterocycles. The highest BCUT2D eigenvalue weighted by atomic mass is 35.5. The lowest BCUT2D eigenvalue weighted by atomic mass is 9.79. The largest absolute Gasteiger partial charge is 0.370 e. The summed E-state index contributed by atoms with van der Waals surface area (Å²) in [5.74, 6) is 0.916. The van der Waals surface area contributed by atoms with Crippen LogP contribution in [0.1, 0.15) is 89.1 Å². The first-order valence-electron chi connectivity index (χ1n) is 15.0. The van der Waals surface area contributed by atoms with E-state index in [0.29, 0.717) is 19.4 Å². The van der Waals surface area contributed by atoms with Gasteiger partial charge in [-0.3, -0.25) is 9.69 Å². The maximum absolute atomic E-state index is 12.5. The third-order valence-corrected chi connectivity index (χ3v) is 9.65. The molecule has 0 saturated carbocycles. The SMILES string of the molecule is C=C1C(CC)=C(C(CC)(CC(C)=O)OCC)C=C2c3nc4cc(Cl)c(C)cc4c(CN4CCC(C)CC4)c3CN12. The van der Waals surface area contributed by atoms with Gasteiger partial charge in [0.2, 0.25) is 0 Å². The molecule has 1 aromatic heterocycles. The number of hydrogen-bond acceptors (Lipinski definition) is 5. The van der Waals surface area contributed by atoms with Crippen molar-refractivity contribution in [1.29, 1.82) is 0 Å². The van der Waals surface area contributed by atoms with Gasteiger partial charge in [-0.15, -0.1) is 0 Å². The Bertz CT molecular complexity index is 1420. The molecule has 1 atom stereocenters. The average molecular weight is 562 g/mol. The minimum absolute atomic E-state index is 0.129. The number of benzene rings is 1. The van der Waals surface area contributed by atoms with Crippen molar-refractivity contribution in [2.45, 2.75) is 92.3 Å². The molecule has 5 nitrogen and oxygen atoms in total. The number of nitrogens with zero attached hydrogens (tertiary/aromatic N) is 3. The second-order valence-electron chi connectivity index (χ2n) is 12.0. The number of rotatable bonds is 9. The predicted octanol–water partition coefficient (Wildman–Crippen LogP) is 7.98. The van der Waals surface area contributed by atoms with Crippen LogP contribution in [0.2, 0.25) is 5.02 Å². The van der Waals surface area contributed by atoms with E-state index in [1.807, 2.05) is 13.0 Å². The molecule has 1 fully saturated rings. The number of allylic oxidation sites excluding steroid dienone is 1. The van der Waals surface area contributed by atoms with E-state index in [2.05, 4.69) is 56.2 Å². The lowest BCUT2D eigenvalue weighted by Crippen LogP contribution is -2.39. The monoisotopic (exact) mass is 561 g/mol. The summed E-state index contributed by atoms with van der Waals surface area (Å²) in [7, 11) is 0. The van der Waals surface area contributed by atoms with Crippen molar-refractivity contribution >= 4 is 34.0 Å². The maximum Gasteiger partial charge on any atom is 0.133 e. The van der Waals surface area contributed by atoms with Gasteiger partial charge >= 0.3 is 0 Å². The van der Waals surface area contributed by atoms with E-state index >= 15 is 0 Å². The van der Waals surface area contributed by atoms with Crippen molar-refractivity contribution in [1.82, 2.24) is 14.8 Å². The molecule has 0 spiro atoms. The molecule has 40 heavy (non-hydrogen) atoms. The molecule has 1 unspecified atom stereocenters. The summed E-state index contributed by atoms with van der Waals surface area (Å²) >= 11 is 6.64. The van der Waals surface area contributed by atoms with Gasteiger partial charge in [0.15, 0.2) is 0 Å². The molecule has 0 aliphatic carbocycles. The van der Waals surface area contributed by atoms with Gasteiger partial charge in [-0.25, -0.2) is 4.98 Å². The van der Waals surface area contributed by atoms with Crippen LogP contribution in [0.4, 0.5) is 0 Å². The number of ether oxygens (including phenoxy) is 1. The highest BCUT2D eigenvalue weighted by molar-refractivity contribution is 6.32. The number of likely N-dealkylation sites (tertiary alicyclic amines) is 1. The highest BCUT2D eigenvalue weighted by Crippen LogP contribution is 2.48. The molecule has 6 heteroatoms. The third kappa shape index (κ3) is 5.06. The Kier molecular flexibility index (Phi) is 8.29. The van der Waals surface area contributed by atoms with E-state index in [9.17, 15) is 4.79 Å². The van der Waals surface area contributed by atoms with Crippen molar-refractivity contribution in [2.24, 2.45) is 5.92 Å². The summed E-state index contributed by atoms with van der Waals surface area (Å²) in [6.45, 7) is 21.4.